The minimum absolute atomic E-state index is 0.0171. The summed E-state index contributed by atoms with van der Waals surface area (Å²) in [6.45, 7) is 18.0. The highest BCUT2D eigenvalue weighted by atomic mass is 19.1. The number of Topliss-reactive ketones (excluding diaryl/α,β-unsaturated/α-hetero) is 2. The fourth-order valence-corrected chi connectivity index (χ4v) is 8.50. The topological polar surface area (TPSA) is 181 Å². The minimum atomic E-state index is -2.68. The molecule has 2 aromatic rings. The zero-order valence-electron chi connectivity index (χ0n) is 38.1. The molecule has 1 aromatic carbocycles. The number of hydrogen-bond donors (Lipinski definition) is 2. The molecule has 15 nitrogen and oxygen atoms in total. The predicted octanol–water partition coefficient (Wildman–Crippen LogP) is 8.20. The molecule has 2 N–H and O–H groups in total. The van der Waals surface area contributed by atoms with Gasteiger partial charge in [0.25, 0.3) is 5.88 Å². The van der Waals surface area contributed by atoms with E-state index in [1.165, 1.54) is 11.9 Å². The van der Waals surface area contributed by atoms with E-state index in [1.807, 2.05) is 27.7 Å². The molecule has 1 fully saturated rings. The van der Waals surface area contributed by atoms with Crippen LogP contribution < -0.4 is 14.4 Å². The number of aromatic nitrogens is 1. The number of halogens is 1. The second-order valence-corrected chi connectivity index (χ2v) is 19.1. The summed E-state index contributed by atoms with van der Waals surface area (Å²) in [5, 5.41) is 29.0. The molecule has 2 amide bonds. The molecule has 4 atom stereocenters. The Bertz CT molecular complexity index is 2050. The molecular weight excluding hydrogens is 792 g/mol. The first-order valence-electron chi connectivity index (χ1n) is 21.4. The van der Waals surface area contributed by atoms with Crippen LogP contribution in [-0.4, -0.2) is 107 Å². The summed E-state index contributed by atoms with van der Waals surface area (Å²) in [4.78, 5) is 61.4. The van der Waals surface area contributed by atoms with Gasteiger partial charge in [-0.05, 0) is 98.3 Å². The van der Waals surface area contributed by atoms with Crippen molar-refractivity contribution in [3.63, 3.8) is 0 Å². The Morgan fingerprint density at radius 2 is 1.52 bits per heavy atom. The van der Waals surface area contributed by atoms with Crippen molar-refractivity contribution in [2.75, 3.05) is 45.8 Å². The van der Waals surface area contributed by atoms with Crippen LogP contribution in [-0.2, 0) is 27.2 Å². The molecule has 0 aliphatic heterocycles. The van der Waals surface area contributed by atoms with Crippen molar-refractivity contribution in [1.82, 2.24) is 15.0 Å². The molecule has 338 valence electrons. The molecule has 1 saturated carbocycles. The normalized spacial score (nSPS) is 21.2. The summed E-state index contributed by atoms with van der Waals surface area (Å²) in [5.74, 6) is -5.71. The van der Waals surface area contributed by atoms with Crippen molar-refractivity contribution in [1.29, 1.82) is 0 Å². The van der Waals surface area contributed by atoms with E-state index in [0.29, 0.717) is 19.3 Å². The van der Waals surface area contributed by atoms with Crippen molar-refractivity contribution in [2.24, 2.45) is 17.8 Å². The van der Waals surface area contributed by atoms with Gasteiger partial charge in [-0.2, -0.15) is 0 Å². The predicted molar refractivity (Wildman–Crippen MR) is 225 cm³/mol. The van der Waals surface area contributed by atoms with Crippen LogP contribution in [0.5, 0.6) is 11.6 Å². The third-order valence-corrected chi connectivity index (χ3v) is 11.1. The molecule has 5 rings (SSSR count). The number of rotatable bonds is 14. The number of carbonyl (C=O) groups excluding carboxylic acids is 4. The van der Waals surface area contributed by atoms with Crippen LogP contribution in [0.3, 0.4) is 0 Å². The van der Waals surface area contributed by atoms with Gasteiger partial charge in [-0.25, -0.2) is 14.0 Å². The summed E-state index contributed by atoms with van der Waals surface area (Å²) in [5.41, 5.74) is -5.38. The van der Waals surface area contributed by atoms with E-state index in [9.17, 15) is 29.4 Å². The Hall–Kier alpha value is -4.70. The number of unbranched alkanes of at least 4 members (excludes halogenated alkanes) is 2. The first kappa shape index (κ1) is 47.4. The second-order valence-electron chi connectivity index (χ2n) is 19.1. The highest BCUT2D eigenvalue weighted by Gasteiger charge is 2.65. The summed E-state index contributed by atoms with van der Waals surface area (Å²) in [6, 6.07) is -0.834. The van der Waals surface area contributed by atoms with Gasteiger partial charge in [0.05, 0.1) is 37.1 Å². The van der Waals surface area contributed by atoms with E-state index in [2.05, 4.69) is 5.16 Å². The Kier molecular flexibility index (Phi) is 13.9. The average molecular weight is 857 g/mol. The molecule has 3 aliphatic rings. The maximum Gasteiger partial charge on any atom is 0.414 e. The van der Waals surface area contributed by atoms with Gasteiger partial charge in [-0.1, -0.05) is 40.5 Å². The summed E-state index contributed by atoms with van der Waals surface area (Å²) in [7, 11) is 4.81. The maximum absolute atomic E-state index is 17.9. The summed E-state index contributed by atoms with van der Waals surface area (Å²) < 4.78 is 47.4. The molecule has 0 unspecified atom stereocenters. The number of benzene rings is 1. The van der Waals surface area contributed by atoms with Gasteiger partial charge in [0.2, 0.25) is 11.6 Å². The monoisotopic (exact) mass is 856 g/mol. The number of carbonyl (C=O) groups is 4. The minimum Gasteiger partial charge on any atom is -0.507 e. The fraction of sp³-hybridized carbons (Fsp3) is 0.667. The third-order valence-electron chi connectivity index (χ3n) is 11.1. The molecule has 0 bridgehead atoms. The lowest BCUT2D eigenvalue weighted by Crippen LogP contribution is -2.63. The van der Waals surface area contributed by atoms with Crippen LogP contribution in [0, 0.1) is 23.6 Å². The van der Waals surface area contributed by atoms with Crippen molar-refractivity contribution in [3.8, 4) is 11.6 Å². The van der Waals surface area contributed by atoms with E-state index >= 15 is 4.39 Å². The summed E-state index contributed by atoms with van der Waals surface area (Å²) in [6.07, 6.45) is 0.893. The van der Waals surface area contributed by atoms with Crippen LogP contribution >= 0.6 is 0 Å². The molecule has 61 heavy (non-hydrogen) atoms. The number of aliphatic hydroxyl groups excluding tert-OH is 1. The third kappa shape index (κ3) is 9.25. The van der Waals surface area contributed by atoms with Crippen LogP contribution in [0.25, 0.3) is 5.76 Å². The molecular formula is C45H65FN4O11. The van der Waals surface area contributed by atoms with E-state index in [0.717, 1.165) is 11.3 Å². The fourth-order valence-electron chi connectivity index (χ4n) is 8.50. The maximum atomic E-state index is 17.9. The number of ketones is 2. The molecule has 1 aromatic heterocycles. The van der Waals surface area contributed by atoms with E-state index in [4.69, 9.17) is 23.5 Å². The molecule has 16 heteroatoms. The van der Waals surface area contributed by atoms with Crippen molar-refractivity contribution in [2.45, 2.75) is 137 Å². The highest BCUT2D eigenvalue weighted by Crippen LogP contribution is 2.57. The Morgan fingerprint density at radius 1 is 0.934 bits per heavy atom. The van der Waals surface area contributed by atoms with Gasteiger partial charge in [0.15, 0.2) is 17.1 Å². The van der Waals surface area contributed by atoms with Gasteiger partial charge in [0.1, 0.15) is 28.3 Å². The molecule has 1 heterocycles. The highest BCUT2D eigenvalue weighted by molar-refractivity contribution is 6.26. The average Bonchev–Trinajstić information content (AvgIpc) is 3.55. The second kappa shape index (κ2) is 18.0. The van der Waals surface area contributed by atoms with Gasteiger partial charge in [0, 0.05) is 36.2 Å². The Morgan fingerprint density at radius 3 is 2.08 bits per heavy atom. The van der Waals surface area contributed by atoms with Crippen molar-refractivity contribution < 1.29 is 57.3 Å². The number of hydrogen-bond acceptors (Lipinski definition) is 13. The first-order chi connectivity index (χ1) is 28.4. The zero-order valence-corrected chi connectivity index (χ0v) is 38.1. The smallest absolute Gasteiger partial charge is 0.414 e. The standard InChI is InChI=1S/C45H65FN4O11/c1-14-16-18-57-36-30-26(32(46)27(33(36)49(13)41(54)59-43(5,6)7)23-50(22-24(3)4)42(55)60-44(8,9)10)20-25-21-28-34(48(11)12)37-31(40(47-61-37)58-19-17-15-2)39(53)45(28,56)38(52)29(25)35(30)51/h24-25,28,34,51,56H,14-23H2,1-13H3/t25-,28-,34-,45-/m0/s1. The molecule has 0 radical (unpaired) electrons. The SMILES string of the molecule is CCCCOc1noc2c1C(=O)[C@@]1(O)C(=O)C3=C(O)c4c(c(F)c(CN(CC(C)C)C(=O)OC(C)(C)C)c(N(C)C(=O)OC(C)(C)C)c4OCCCC)C[C@H]3C[C@H]1[C@@H]2N(C)C. The largest absolute Gasteiger partial charge is 0.507 e. The number of nitrogens with zero attached hydrogens (tertiary/aromatic N) is 4. The quantitative estimate of drug-likeness (QED) is 0.137. The Labute approximate surface area is 358 Å². The number of anilines is 1. The van der Waals surface area contributed by atoms with E-state index < -0.39 is 70.0 Å². The van der Waals surface area contributed by atoms with E-state index in [-0.39, 0.29) is 96.0 Å². The van der Waals surface area contributed by atoms with Gasteiger partial charge >= 0.3 is 12.2 Å². The molecule has 0 saturated heterocycles. The van der Waals surface area contributed by atoms with Crippen LogP contribution in [0.1, 0.15) is 140 Å². The first-order valence-corrected chi connectivity index (χ1v) is 21.4. The zero-order chi connectivity index (χ0) is 45.5. The lowest BCUT2D eigenvalue weighted by Gasteiger charge is -2.49. The number of amides is 2. The van der Waals surface area contributed by atoms with Gasteiger partial charge < -0.3 is 38.6 Å². The van der Waals surface area contributed by atoms with Gasteiger partial charge in [-0.15, -0.1) is 0 Å². The Balaban J connectivity index is 1.78. The van der Waals surface area contributed by atoms with Gasteiger partial charge in [-0.3, -0.25) is 19.4 Å². The van der Waals surface area contributed by atoms with Crippen LogP contribution in [0.4, 0.5) is 19.7 Å². The number of aliphatic hydroxyl groups is 2. The van der Waals surface area contributed by atoms with Crippen molar-refractivity contribution >= 4 is 35.2 Å². The van der Waals surface area contributed by atoms with E-state index in [1.54, 1.807) is 60.5 Å². The van der Waals surface area contributed by atoms with Crippen LogP contribution in [0.15, 0.2) is 10.1 Å². The lowest BCUT2D eigenvalue weighted by molar-refractivity contribution is -0.142. The lowest BCUT2D eigenvalue weighted by atomic mass is 9.57. The molecule has 0 spiro atoms. The van der Waals surface area contributed by atoms with Crippen molar-refractivity contribution in [3.05, 3.63) is 39.4 Å². The van der Waals surface area contributed by atoms with Crippen LogP contribution in [0.2, 0.25) is 0 Å². The number of fused-ring (bicyclic) bond motifs is 4. The summed E-state index contributed by atoms with van der Waals surface area (Å²) >= 11 is 0. The number of ether oxygens (including phenoxy) is 4. The molecule has 3 aliphatic carbocycles.